The summed E-state index contributed by atoms with van der Waals surface area (Å²) >= 11 is 1.13. The lowest BCUT2D eigenvalue weighted by Crippen LogP contribution is -2.25. The minimum absolute atomic E-state index is 0.108. The lowest BCUT2D eigenvalue weighted by atomic mass is 10.2. The van der Waals surface area contributed by atoms with Crippen LogP contribution in [0.2, 0.25) is 0 Å². The summed E-state index contributed by atoms with van der Waals surface area (Å²) in [4.78, 5) is 24.6. The first kappa shape index (κ1) is 17.2. The number of ether oxygens (including phenoxy) is 1. The lowest BCUT2D eigenvalue weighted by Gasteiger charge is -2.07. The van der Waals surface area contributed by atoms with Gasteiger partial charge < -0.3 is 4.74 Å². The van der Waals surface area contributed by atoms with Crippen LogP contribution in [-0.4, -0.2) is 37.2 Å². The molecule has 2 aromatic heterocycles. The van der Waals surface area contributed by atoms with Crippen LogP contribution in [0.25, 0.3) is 21.1 Å². The molecular formula is C17H12FN5O3S. The van der Waals surface area contributed by atoms with Gasteiger partial charge in [0.25, 0.3) is 5.56 Å². The monoisotopic (exact) mass is 385 g/mol. The smallest absolute Gasteiger partial charge is 0.339 e. The second-order valence-electron chi connectivity index (χ2n) is 5.70. The molecule has 0 aliphatic heterocycles. The van der Waals surface area contributed by atoms with Crippen LogP contribution in [0, 0.1) is 5.82 Å². The molecule has 27 heavy (non-hydrogen) atoms. The van der Waals surface area contributed by atoms with E-state index in [1.54, 1.807) is 18.2 Å². The maximum Gasteiger partial charge on any atom is 0.339 e. The molecule has 0 saturated carbocycles. The van der Waals surface area contributed by atoms with Crippen LogP contribution in [0.15, 0.2) is 41.2 Å². The molecule has 0 N–H and O–H groups in total. The Bertz CT molecular complexity index is 1210. The third-order valence-corrected chi connectivity index (χ3v) is 4.70. The SMILES string of the molecule is O=C(OCCCn1nnc2cc(F)ccc2c1=O)c1cccc2nnsc12. The van der Waals surface area contributed by atoms with Crippen LogP contribution in [0.5, 0.6) is 0 Å². The maximum absolute atomic E-state index is 13.2. The Kier molecular flexibility index (Phi) is 4.55. The highest BCUT2D eigenvalue weighted by molar-refractivity contribution is 7.13. The fraction of sp³-hybridized carbons (Fsp3) is 0.176. The van der Waals surface area contributed by atoms with Crippen LogP contribution in [0.4, 0.5) is 4.39 Å². The Morgan fingerprint density at radius 2 is 2.07 bits per heavy atom. The van der Waals surface area contributed by atoms with Gasteiger partial charge in [-0.2, -0.15) is 0 Å². The van der Waals surface area contributed by atoms with Gasteiger partial charge in [0.2, 0.25) is 0 Å². The van der Waals surface area contributed by atoms with Crippen LogP contribution in [0.1, 0.15) is 16.8 Å². The largest absolute Gasteiger partial charge is 0.462 e. The Labute approximate surface area is 155 Å². The van der Waals surface area contributed by atoms with Gasteiger partial charge in [0.15, 0.2) is 0 Å². The second kappa shape index (κ2) is 7.16. The number of esters is 1. The molecule has 0 amide bonds. The number of fused-ring (bicyclic) bond motifs is 2. The highest BCUT2D eigenvalue weighted by atomic mass is 32.1. The molecule has 0 radical (unpaired) electrons. The van der Waals surface area contributed by atoms with Crippen molar-refractivity contribution in [3.8, 4) is 0 Å². The zero-order valence-electron chi connectivity index (χ0n) is 13.8. The van der Waals surface area contributed by atoms with Gasteiger partial charge in [0.05, 0.1) is 22.3 Å². The molecule has 4 aromatic rings. The van der Waals surface area contributed by atoms with Crippen molar-refractivity contribution in [3.63, 3.8) is 0 Å². The standard InChI is InChI=1S/C17H12FN5O3S/c18-10-5-6-11-14(9-10)19-21-23(16(11)24)7-2-8-26-17(25)12-3-1-4-13-15(12)27-22-20-13/h1,3-6,9H,2,7-8H2. The number of nitrogens with zero attached hydrogens (tertiary/aromatic N) is 5. The molecule has 8 nitrogen and oxygen atoms in total. The van der Waals surface area contributed by atoms with Gasteiger partial charge in [0, 0.05) is 19.0 Å². The molecule has 0 atom stereocenters. The van der Waals surface area contributed by atoms with Crippen molar-refractivity contribution in [2.75, 3.05) is 6.61 Å². The van der Waals surface area contributed by atoms with Crippen LogP contribution < -0.4 is 5.56 Å². The second-order valence-corrected chi connectivity index (χ2v) is 6.45. The summed E-state index contributed by atoms with van der Waals surface area (Å²) < 4.78 is 24.1. The van der Waals surface area contributed by atoms with Crippen molar-refractivity contribution in [2.45, 2.75) is 13.0 Å². The number of aryl methyl sites for hydroxylation is 1. The highest BCUT2D eigenvalue weighted by Gasteiger charge is 2.14. The summed E-state index contributed by atoms with van der Waals surface area (Å²) in [6, 6.07) is 8.88. The van der Waals surface area contributed by atoms with E-state index in [1.807, 2.05) is 0 Å². The average Bonchev–Trinajstić information content (AvgIpc) is 3.15. The molecule has 136 valence electrons. The van der Waals surface area contributed by atoms with Gasteiger partial charge in [-0.1, -0.05) is 15.8 Å². The topological polar surface area (TPSA) is 99.9 Å². The third kappa shape index (κ3) is 3.38. The lowest BCUT2D eigenvalue weighted by molar-refractivity contribution is 0.0497. The molecule has 0 spiro atoms. The Hall–Kier alpha value is -3.27. The van der Waals surface area contributed by atoms with E-state index in [9.17, 15) is 14.0 Å². The summed E-state index contributed by atoms with van der Waals surface area (Å²) in [6.07, 6.45) is 0.379. The van der Waals surface area contributed by atoms with Crippen molar-refractivity contribution < 1.29 is 13.9 Å². The summed E-state index contributed by atoms with van der Waals surface area (Å²) in [5.41, 5.74) is 0.886. The molecule has 0 saturated heterocycles. The third-order valence-electron chi connectivity index (χ3n) is 3.93. The van der Waals surface area contributed by atoms with Crippen molar-refractivity contribution in [1.29, 1.82) is 0 Å². The number of hydrogen-bond acceptors (Lipinski definition) is 8. The first-order chi connectivity index (χ1) is 13.1. The number of aromatic nitrogens is 5. The molecule has 2 heterocycles. The molecule has 0 aliphatic rings. The average molecular weight is 385 g/mol. The Morgan fingerprint density at radius 3 is 2.96 bits per heavy atom. The van der Waals surface area contributed by atoms with Gasteiger partial charge in [-0.15, -0.1) is 10.2 Å². The summed E-state index contributed by atoms with van der Waals surface area (Å²) in [7, 11) is 0. The Morgan fingerprint density at radius 1 is 1.19 bits per heavy atom. The number of benzene rings is 2. The zero-order valence-corrected chi connectivity index (χ0v) is 14.6. The minimum Gasteiger partial charge on any atom is -0.462 e. The molecular weight excluding hydrogens is 373 g/mol. The van der Waals surface area contributed by atoms with E-state index in [-0.39, 0.29) is 29.6 Å². The maximum atomic E-state index is 13.2. The highest BCUT2D eigenvalue weighted by Crippen LogP contribution is 2.21. The van der Waals surface area contributed by atoms with Gasteiger partial charge in [-0.3, -0.25) is 4.79 Å². The zero-order chi connectivity index (χ0) is 18.8. The normalized spacial score (nSPS) is 11.1. The van der Waals surface area contributed by atoms with Gasteiger partial charge in [0.1, 0.15) is 16.9 Å². The van der Waals surface area contributed by atoms with Crippen molar-refractivity contribution >= 4 is 38.6 Å². The van der Waals surface area contributed by atoms with Gasteiger partial charge in [-0.05, 0) is 35.8 Å². The summed E-state index contributed by atoms with van der Waals surface area (Å²) in [5, 5.41) is 11.8. The molecule has 0 fully saturated rings. The van der Waals surface area contributed by atoms with Gasteiger partial charge in [-0.25, -0.2) is 13.9 Å². The molecule has 4 rings (SSSR count). The van der Waals surface area contributed by atoms with E-state index < -0.39 is 11.8 Å². The first-order valence-corrected chi connectivity index (χ1v) is 8.82. The fourth-order valence-electron chi connectivity index (χ4n) is 2.62. The van der Waals surface area contributed by atoms with Crippen LogP contribution >= 0.6 is 11.5 Å². The molecule has 0 aliphatic carbocycles. The van der Waals surface area contributed by atoms with E-state index in [0.29, 0.717) is 22.2 Å². The first-order valence-electron chi connectivity index (χ1n) is 8.05. The molecule has 10 heteroatoms. The summed E-state index contributed by atoms with van der Waals surface area (Å²) in [5.74, 6) is -0.953. The number of halogens is 1. The van der Waals surface area contributed by atoms with Crippen LogP contribution in [-0.2, 0) is 11.3 Å². The number of carbonyl (C=O) groups excluding carboxylic acids is 1. The summed E-state index contributed by atoms with van der Waals surface area (Å²) in [6.45, 7) is 0.329. The van der Waals surface area contributed by atoms with Crippen LogP contribution in [0.3, 0.4) is 0 Å². The van der Waals surface area contributed by atoms with E-state index in [4.69, 9.17) is 4.74 Å². The molecule has 0 bridgehead atoms. The molecule has 2 aromatic carbocycles. The number of hydrogen-bond donors (Lipinski definition) is 0. The number of rotatable bonds is 5. The van der Waals surface area contributed by atoms with Crippen molar-refractivity contribution in [3.05, 3.63) is 58.1 Å². The van der Waals surface area contributed by atoms with Gasteiger partial charge >= 0.3 is 5.97 Å². The van der Waals surface area contributed by atoms with E-state index in [1.165, 1.54) is 16.8 Å². The van der Waals surface area contributed by atoms with E-state index in [0.717, 1.165) is 17.6 Å². The predicted octanol–water partition coefficient (Wildman–Crippen LogP) is 2.18. The predicted molar refractivity (Wildman–Crippen MR) is 96.1 cm³/mol. The number of carbonyl (C=O) groups is 1. The van der Waals surface area contributed by atoms with Crippen molar-refractivity contribution in [1.82, 2.24) is 24.6 Å². The fourth-order valence-corrected chi connectivity index (χ4v) is 3.28. The van der Waals surface area contributed by atoms with Crippen molar-refractivity contribution in [2.24, 2.45) is 0 Å². The Balaban J connectivity index is 1.40. The van der Waals surface area contributed by atoms with E-state index >= 15 is 0 Å². The quantitative estimate of drug-likeness (QED) is 0.383. The van der Waals surface area contributed by atoms with E-state index in [2.05, 4.69) is 19.9 Å². The minimum atomic E-state index is -0.480. The molecule has 0 unspecified atom stereocenters.